The molecule has 2 aromatic rings. The maximum absolute atomic E-state index is 14.0. The van der Waals surface area contributed by atoms with Gasteiger partial charge in [-0.3, -0.25) is 9.59 Å². The van der Waals surface area contributed by atoms with Gasteiger partial charge in [-0.05, 0) is 25.1 Å². The highest BCUT2D eigenvalue weighted by Crippen LogP contribution is 2.46. The summed E-state index contributed by atoms with van der Waals surface area (Å²) in [6.07, 6.45) is -1.07. The summed E-state index contributed by atoms with van der Waals surface area (Å²) in [6.45, 7) is 7.02. The van der Waals surface area contributed by atoms with Crippen molar-refractivity contribution in [3.8, 4) is 11.5 Å². The van der Waals surface area contributed by atoms with Crippen LogP contribution in [0.1, 0.15) is 51.3 Å². The molecule has 0 aliphatic carbocycles. The van der Waals surface area contributed by atoms with Crippen LogP contribution >= 0.6 is 11.6 Å². The van der Waals surface area contributed by atoms with Crippen molar-refractivity contribution in [3.63, 3.8) is 0 Å². The predicted molar refractivity (Wildman–Crippen MR) is 140 cm³/mol. The fourth-order valence-corrected chi connectivity index (χ4v) is 4.94. The fraction of sp³-hybridized carbons (Fsp3) is 0.444. The number of carboxylic acid groups (broad SMARTS) is 1. The lowest BCUT2D eigenvalue weighted by Crippen LogP contribution is -2.70. The second-order valence-electron chi connectivity index (χ2n) is 10.3. The Morgan fingerprint density at radius 1 is 1.19 bits per heavy atom. The molecule has 1 amide bonds. The number of ether oxygens (including phenoxy) is 3. The van der Waals surface area contributed by atoms with E-state index in [2.05, 4.69) is 5.43 Å². The highest BCUT2D eigenvalue weighted by atomic mass is 35.5. The van der Waals surface area contributed by atoms with Crippen LogP contribution in [-0.2, 0) is 19.1 Å². The normalized spacial score (nSPS) is 20.5. The van der Waals surface area contributed by atoms with Gasteiger partial charge in [0.15, 0.2) is 29.8 Å². The van der Waals surface area contributed by atoms with Crippen molar-refractivity contribution in [1.82, 2.24) is 10.0 Å². The maximum atomic E-state index is 14.0. The van der Waals surface area contributed by atoms with E-state index in [4.69, 9.17) is 25.8 Å². The zero-order valence-electron chi connectivity index (χ0n) is 22.0. The first-order valence-electron chi connectivity index (χ1n) is 11.9. The van der Waals surface area contributed by atoms with Crippen LogP contribution in [0.3, 0.4) is 0 Å². The Kier molecular flexibility index (Phi) is 8.64. The number of nitrogens with zero attached hydrogens (tertiary/aromatic N) is 1. The Morgan fingerprint density at radius 3 is 2.46 bits per heavy atom. The summed E-state index contributed by atoms with van der Waals surface area (Å²) < 4.78 is 16.8. The number of fused-ring (bicyclic) bond motifs is 1. The average Bonchev–Trinajstić information content (AvgIpc) is 2.91. The second kappa shape index (κ2) is 11.2. The maximum Gasteiger partial charge on any atom is 0.363 e. The summed E-state index contributed by atoms with van der Waals surface area (Å²) in [6, 6.07) is 9.11. The minimum atomic E-state index is -1.31. The second-order valence-corrected chi connectivity index (χ2v) is 10.8. The number of Topliss-reactive ketones (excluding diaryl/α,β-unsaturated/α-hetero) is 1. The van der Waals surface area contributed by atoms with E-state index in [0.717, 1.165) is 0 Å². The molecule has 3 atom stereocenters. The summed E-state index contributed by atoms with van der Waals surface area (Å²) >= 11 is 6.44. The molecular weight excluding hydrogens is 500 g/mol. The van der Waals surface area contributed by atoms with Crippen molar-refractivity contribution >= 4 is 34.9 Å². The number of para-hydroxylation sites is 1. The molecule has 37 heavy (non-hydrogen) atoms. The molecule has 1 aliphatic heterocycles. The van der Waals surface area contributed by atoms with Crippen LogP contribution in [0.2, 0.25) is 5.02 Å². The van der Waals surface area contributed by atoms with Crippen LogP contribution in [0.4, 0.5) is 5.69 Å². The molecule has 0 aromatic heterocycles. The Labute approximate surface area is 221 Å². The number of carbonyl (C=O) groups excluding carboxylic acids is 2. The van der Waals surface area contributed by atoms with Crippen LogP contribution < -0.4 is 19.5 Å². The monoisotopic (exact) mass is 533 g/mol. The van der Waals surface area contributed by atoms with Crippen LogP contribution in [0, 0.1) is 5.41 Å². The van der Waals surface area contributed by atoms with Crippen molar-refractivity contribution in [2.75, 3.05) is 27.4 Å². The SMILES string of the molecule is COc1cccc([C@H]2OCC(=O)[N+](CC(C)(C)C)(N[C@@H](CC(C)=O)C(=O)O)c3ccc(Cl)cc32)c1OC. The third-order valence-corrected chi connectivity index (χ3v) is 6.31. The number of hydrogen-bond donors (Lipinski definition) is 2. The molecule has 0 fully saturated rings. The zero-order chi connectivity index (χ0) is 27.5. The first kappa shape index (κ1) is 28.6. The molecular formula is C27H34ClN2O7+. The largest absolute Gasteiger partial charge is 0.493 e. The topological polar surface area (TPSA) is 111 Å². The van der Waals surface area contributed by atoms with Crippen molar-refractivity contribution in [1.29, 1.82) is 0 Å². The molecule has 2 aromatic carbocycles. The van der Waals surface area contributed by atoms with Gasteiger partial charge in [-0.25, -0.2) is 4.79 Å². The van der Waals surface area contributed by atoms with Crippen LogP contribution in [0.25, 0.3) is 0 Å². The standard InChI is InChI=1S/C27H33ClN2O7/c1-16(31)12-20(26(33)34)29-30(15-27(2,3)4)21-11-10-17(28)13-19(21)24(37-14-23(30)32)18-8-7-9-22(35-5)25(18)36-6/h7-11,13,20,24,29H,12,14-15H2,1-6H3/p+1/t20-,24+,30?/m0/s1. The number of carbonyl (C=O) groups is 3. The molecule has 200 valence electrons. The number of rotatable bonds is 9. The van der Waals surface area contributed by atoms with Crippen molar-refractivity contribution in [2.24, 2.45) is 5.41 Å². The number of benzene rings is 2. The van der Waals surface area contributed by atoms with E-state index in [-0.39, 0.29) is 25.4 Å². The van der Waals surface area contributed by atoms with Crippen molar-refractivity contribution in [3.05, 3.63) is 52.5 Å². The zero-order valence-corrected chi connectivity index (χ0v) is 22.7. The summed E-state index contributed by atoms with van der Waals surface area (Å²) in [5.41, 5.74) is 4.26. The molecule has 0 saturated heterocycles. The molecule has 0 bridgehead atoms. The Hall–Kier alpha value is -2.98. The number of aliphatic carboxylic acids is 1. The Morgan fingerprint density at radius 2 is 1.89 bits per heavy atom. The number of hydrogen-bond acceptors (Lipinski definition) is 7. The lowest BCUT2D eigenvalue weighted by atomic mass is 9.93. The predicted octanol–water partition coefficient (Wildman–Crippen LogP) is 4.29. The number of methoxy groups -OCH3 is 2. The van der Waals surface area contributed by atoms with Gasteiger partial charge < -0.3 is 19.3 Å². The van der Waals surface area contributed by atoms with Gasteiger partial charge >= 0.3 is 11.9 Å². The molecule has 1 aliphatic rings. The van der Waals surface area contributed by atoms with Gasteiger partial charge in [0.2, 0.25) is 0 Å². The summed E-state index contributed by atoms with van der Waals surface area (Å²) in [7, 11) is 3.04. The van der Waals surface area contributed by atoms with Crippen LogP contribution in [-0.4, -0.2) is 56.2 Å². The van der Waals surface area contributed by atoms with Crippen LogP contribution in [0.5, 0.6) is 11.5 Å². The molecule has 9 nitrogen and oxygen atoms in total. The van der Waals surface area contributed by atoms with E-state index in [9.17, 15) is 19.5 Å². The van der Waals surface area contributed by atoms with Gasteiger partial charge in [0, 0.05) is 28.5 Å². The summed E-state index contributed by atoms with van der Waals surface area (Å²) in [5, 5.41) is 10.4. The van der Waals surface area contributed by atoms with Gasteiger partial charge in [-0.1, -0.05) is 44.5 Å². The number of ketones is 1. The molecule has 0 saturated carbocycles. The average molecular weight is 534 g/mol. The van der Waals surface area contributed by atoms with Gasteiger partial charge in [0.25, 0.3) is 0 Å². The lowest BCUT2D eigenvalue weighted by molar-refractivity contribution is -0.148. The Balaban J connectivity index is 2.32. The van der Waals surface area contributed by atoms with E-state index < -0.39 is 34.0 Å². The van der Waals surface area contributed by atoms with E-state index in [1.165, 1.54) is 21.1 Å². The fourth-order valence-electron chi connectivity index (χ4n) is 4.76. The first-order valence-corrected chi connectivity index (χ1v) is 12.2. The lowest BCUT2D eigenvalue weighted by Gasteiger charge is -2.40. The van der Waals surface area contributed by atoms with E-state index in [0.29, 0.717) is 33.3 Å². The number of quaternary nitrogens is 1. The quantitative estimate of drug-likeness (QED) is 0.459. The highest BCUT2D eigenvalue weighted by molar-refractivity contribution is 6.30. The first-order chi connectivity index (χ1) is 17.3. The molecule has 2 N–H and O–H groups in total. The minimum Gasteiger partial charge on any atom is -0.493 e. The molecule has 10 heteroatoms. The highest BCUT2D eigenvalue weighted by Gasteiger charge is 2.51. The summed E-state index contributed by atoms with van der Waals surface area (Å²) in [5.74, 6) is -1.03. The van der Waals surface area contributed by atoms with Gasteiger partial charge in [0.1, 0.15) is 18.4 Å². The van der Waals surface area contributed by atoms with Crippen LogP contribution in [0.15, 0.2) is 36.4 Å². The molecule has 1 heterocycles. The van der Waals surface area contributed by atoms with Gasteiger partial charge in [0.05, 0.1) is 19.8 Å². The number of amides is 1. The molecule has 1 unspecified atom stereocenters. The van der Waals surface area contributed by atoms with E-state index in [1.54, 1.807) is 30.3 Å². The third-order valence-electron chi connectivity index (χ3n) is 6.08. The molecule has 3 rings (SSSR count). The number of carboxylic acids is 1. The van der Waals surface area contributed by atoms with Gasteiger partial charge in [-0.2, -0.15) is 0 Å². The molecule has 0 spiro atoms. The summed E-state index contributed by atoms with van der Waals surface area (Å²) in [4.78, 5) is 38.1. The number of halogens is 1. The van der Waals surface area contributed by atoms with E-state index >= 15 is 0 Å². The smallest absolute Gasteiger partial charge is 0.363 e. The number of nitrogens with one attached hydrogen (secondary N) is 1. The Bertz CT molecular complexity index is 1190. The third kappa shape index (κ3) is 6.13. The van der Waals surface area contributed by atoms with Gasteiger partial charge in [-0.15, -0.1) is 10.0 Å². The van der Waals surface area contributed by atoms with Crippen molar-refractivity contribution < 1.29 is 33.7 Å². The van der Waals surface area contributed by atoms with Crippen molar-refractivity contribution in [2.45, 2.75) is 46.3 Å². The minimum absolute atomic E-state index is 0.188. The molecule has 0 radical (unpaired) electrons. The van der Waals surface area contributed by atoms with E-state index in [1.807, 2.05) is 26.8 Å².